The lowest BCUT2D eigenvalue weighted by atomic mass is 9.87. The van der Waals surface area contributed by atoms with Crippen molar-refractivity contribution in [2.24, 2.45) is 5.92 Å². The Kier molecular flexibility index (Phi) is 5.07. The van der Waals surface area contributed by atoms with E-state index in [0.717, 1.165) is 25.9 Å². The zero-order chi connectivity index (χ0) is 11.2. The maximum atomic E-state index is 9.59. The minimum Gasteiger partial charge on any atom is -0.393 e. The van der Waals surface area contributed by atoms with Gasteiger partial charge in [0.25, 0.3) is 0 Å². The van der Waals surface area contributed by atoms with Crippen LogP contribution >= 0.6 is 0 Å². The Morgan fingerprint density at radius 3 is 2.75 bits per heavy atom. The Bertz CT molecular complexity index is 192. The summed E-state index contributed by atoms with van der Waals surface area (Å²) in [6.45, 7) is 3.39. The zero-order valence-electron chi connectivity index (χ0n) is 10.3. The fraction of sp³-hybridized carbons (Fsp3) is 1.00. The van der Waals surface area contributed by atoms with Gasteiger partial charge in [-0.25, -0.2) is 0 Å². The van der Waals surface area contributed by atoms with Gasteiger partial charge in [-0.3, -0.25) is 0 Å². The van der Waals surface area contributed by atoms with Gasteiger partial charge in [0, 0.05) is 12.6 Å². The van der Waals surface area contributed by atoms with Crippen LogP contribution in [0.5, 0.6) is 0 Å². The fourth-order valence-corrected chi connectivity index (χ4v) is 3.01. The predicted molar refractivity (Wildman–Crippen MR) is 66.5 cm³/mol. The summed E-state index contributed by atoms with van der Waals surface area (Å²) in [5, 5.41) is 16.7. The van der Waals surface area contributed by atoms with E-state index in [9.17, 15) is 5.11 Å². The fourth-order valence-electron chi connectivity index (χ4n) is 3.01. The molecule has 0 spiro atoms. The van der Waals surface area contributed by atoms with Gasteiger partial charge >= 0.3 is 0 Å². The van der Waals surface area contributed by atoms with Crippen molar-refractivity contribution < 1.29 is 5.11 Å². The summed E-state index contributed by atoms with van der Waals surface area (Å²) < 4.78 is 0. The van der Waals surface area contributed by atoms with Gasteiger partial charge in [-0.1, -0.05) is 12.8 Å². The highest BCUT2D eigenvalue weighted by Crippen LogP contribution is 2.23. The van der Waals surface area contributed by atoms with Gasteiger partial charge in [-0.15, -0.1) is 0 Å². The highest BCUT2D eigenvalue weighted by molar-refractivity contribution is 4.77. The number of aliphatic hydroxyl groups is 1. The molecular weight excluding hydrogens is 200 g/mol. The molecule has 0 aromatic rings. The second kappa shape index (κ2) is 6.58. The third kappa shape index (κ3) is 4.04. The van der Waals surface area contributed by atoms with Crippen LogP contribution in [0.3, 0.4) is 0 Å². The first-order valence-electron chi connectivity index (χ1n) is 6.97. The Morgan fingerprint density at radius 2 is 2.00 bits per heavy atom. The molecule has 2 fully saturated rings. The van der Waals surface area contributed by atoms with Gasteiger partial charge in [-0.05, 0) is 51.1 Å². The molecule has 94 valence electrons. The molecule has 3 atom stereocenters. The van der Waals surface area contributed by atoms with E-state index in [-0.39, 0.29) is 6.10 Å². The quantitative estimate of drug-likeness (QED) is 0.676. The average Bonchev–Trinajstić information content (AvgIpc) is 2.30. The van der Waals surface area contributed by atoms with E-state index in [1.54, 1.807) is 0 Å². The van der Waals surface area contributed by atoms with Gasteiger partial charge < -0.3 is 15.7 Å². The first kappa shape index (κ1) is 12.3. The van der Waals surface area contributed by atoms with Crippen molar-refractivity contribution in [1.82, 2.24) is 10.6 Å². The van der Waals surface area contributed by atoms with Crippen molar-refractivity contribution in [1.29, 1.82) is 0 Å². The Hall–Kier alpha value is -0.120. The number of hydrogen-bond acceptors (Lipinski definition) is 3. The minimum atomic E-state index is -0.0339. The topological polar surface area (TPSA) is 44.3 Å². The monoisotopic (exact) mass is 226 g/mol. The molecule has 3 nitrogen and oxygen atoms in total. The third-order valence-corrected chi connectivity index (χ3v) is 3.99. The summed E-state index contributed by atoms with van der Waals surface area (Å²) in [6.07, 6.45) is 8.52. The Balaban J connectivity index is 1.56. The van der Waals surface area contributed by atoms with E-state index >= 15 is 0 Å². The number of nitrogens with one attached hydrogen (secondary N) is 2. The maximum absolute atomic E-state index is 9.59. The summed E-state index contributed by atoms with van der Waals surface area (Å²) in [7, 11) is 0. The summed E-state index contributed by atoms with van der Waals surface area (Å²) in [5.41, 5.74) is 0. The molecule has 1 heterocycles. The van der Waals surface area contributed by atoms with Gasteiger partial charge in [-0.2, -0.15) is 0 Å². The largest absolute Gasteiger partial charge is 0.393 e. The minimum absolute atomic E-state index is 0.0339. The highest BCUT2D eigenvalue weighted by Gasteiger charge is 2.20. The van der Waals surface area contributed by atoms with Crippen LogP contribution in [0.15, 0.2) is 0 Å². The molecule has 3 heteroatoms. The van der Waals surface area contributed by atoms with Crippen molar-refractivity contribution >= 4 is 0 Å². The zero-order valence-corrected chi connectivity index (χ0v) is 10.3. The smallest absolute Gasteiger partial charge is 0.0543 e. The summed E-state index contributed by atoms with van der Waals surface area (Å²) in [6, 6.07) is 0.683. The van der Waals surface area contributed by atoms with Crippen molar-refractivity contribution in [3.05, 3.63) is 0 Å². The van der Waals surface area contributed by atoms with Crippen molar-refractivity contribution in [3.8, 4) is 0 Å². The molecular formula is C13H26N2O. The van der Waals surface area contributed by atoms with E-state index < -0.39 is 0 Å². The van der Waals surface area contributed by atoms with Gasteiger partial charge in [0.15, 0.2) is 0 Å². The first-order valence-corrected chi connectivity index (χ1v) is 6.97. The van der Waals surface area contributed by atoms with E-state index in [0.29, 0.717) is 12.0 Å². The van der Waals surface area contributed by atoms with Crippen molar-refractivity contribution in [3.63, 3.8) is 0 Å². The standard InChI is InChI=1S/C13H26N2O/c16-13-6-3-4-11(8-13)9-14-10-12-5-1-2-7-15-12/h11-16H,1-10H2. The first-order chi connectivity index (χ1) is 7.84. The molecule has 0 radical (unpaired) electrons. The molecule has 1 saturated carbocycles. The molecule has 16 heavy (non-hydrogen) atoms. The van der Waals surface area contributed by atoms with Crippen LogP contribution in [0.25, 0.3) is 0 Å². The van der Waals surface area contributed by atoms with Crippen molar-refractivity contribution in [2.75, 3.05) is 19.6 Å². The van der Waals surface area contributed by atoms with Crippen molar-refractivity contribution in [2.45, 2.75) is 57.1 Å². The molecule has 2 aliphatic rings. The lowest BCUT2D eigenvalue weighted by molar-refractivity contribution is 0.100. The molecule has 0 bridgehead atoms. The predicted octanol–water partition coefficient (Wildman–Crippen LogP) is 1.27. The van der Waals surface area contributed by atoms with E-state index in [2.05, 4.69) is 10.6 Å². The summed E-state index contributed by atoms with van der Waals surface area (Å²) in [5.74, 6) is 0.701. The number of rotatable bonds is 4. The molecule has 0 aromatic heterocycles. The van der Waals surface area contributed by atoms with Crippen LogP contribution in [0.1, 0.15) is 44.9 Å². The van der Waals surface area contributed by atoms with E-state index in [1.165, 1.54) is 38.6 Å². The molecule has 3 unspecified atom stereocenters. The highest BCUT2D eigenvalue weighted by atomic mass is 16.3. The average molecular weight is 226 g/mol. The second-order valence-corrected chi connectivity index (χ2v) is 5.49. The molecule has 2 rings (SSSR count). The summed E-state index contributed by atoms with van der Waals surface area (Å²) >= 11 is 0. The molecule has 1 saturated heterocycles. The summed E-state index contributed by atoms with van der Waals surface area (Å²) in [4.78, 5) is 0. The van der Waals surface area contributed by atoms with Crippen LogP contribution in [0, 0.1) is 5.92 Å². The Labute approximate surface area is 99.0 Å². The maximum Gasteiger partial charge on any atom is 0.0543 e. The molecule has 1 aliphatic heterocycles. The van der Waals surface area contributed by atoms with Crippen LogP contribution in [0.2, 0.25) is 0 Å². The Morgan fingerprint density at radius 1 is 1.06 bits per heavy atom. The molecule has 0 aromatic carbocycles. The van der Waals surface area contributed by atoms with Gasteiger partial charge in [0.2, 0.25) is 0 Å². The SMILES string of the molecule is OC1CCCC(CNCC2CCCCN2)C1. The van der Waals surface area contributed by atoms with Crippen LogP contribution in [0.4, 0.5) is 0 Å². The van der Waals surface area contributed by atoms with E-state index in [1.807, 2.05) is 0 Å². The van der Waals surface area contributed by atoms with Gasteiger partial charge in [0.1, 0.15) is 0 Å². The second-order valence-electron chi connectivity index (χ2n) is 5.49. The third-order valence-electron chi connectivity index (χ3n) is 3.99. The molecule has 1 aliphatic carbocycles. The molecule has 3 N–H and O–H groups in total. The van der Waals surface area contributed by atoms with Crippen LogP contribution < -0.4 is 10.6 Å². The molecule has 0 amide bonds. The van der Waals surface area contributed by atoms with Crippen LogP contribution in [-0.2, 0) is 0 Å². The van der Waals surface area contributed by atoms with E-state index in [4.69, 9.17) is 0 Å². The normalized spacial score (nSPS) is 36.2. The number of hydrogen-bond donors (Lipinski definition) is 3. The lowest BCUT2D eigenvalue weighted by Crippen LogP contribution is -2.43. The number of aliphatic hydroxyl groups excluding tert-OH is 1. The lowest BCUT2D eigenvalue weighted by Gasteiger charge is -2.28. The van der Waals surface area contributed by atoms with Gasteiger partial charge in [0.05, 0.1) is 6.10 Å². The number of piperidine rings is 1. The van der Waals surface area contributed by atoms with Crippen LogP contribution in [-0.4, -0.2) is 36.9 Å².